The smallest absolute Gasteiger partial charge is 0.252 e. The largest absolute Gasteiger partial charge is 0.310 e. The Morgan fingerprint density at radius 3 is 0.936 bits per heavy atom. The third-order valence-corrected chi connectivity index (χ3v) is 27.2. The molecular formula is C120H91BN4. The van der Waals surface area contributed by atoms with Crippen molar-refractivity contribution in [2.24, 2.45) is 0 Å². The minimum Gasteiger partial charge on any atom is -0.310 e. The van der Waals surface area contributed by atoms with Crippen molar-refractivity contribution in [3.8, 4) is 44.5 Å². The monoisotopic (exact) mass is 1600 g/mol. The van der Waals surface area contributed by atoms with E-state index in [1.165, 1.54) is 99.1 Å². The predicted molar refractivity (Wildman–Crippen MR) is 528 cm³/mol. The third kappa shape index (κ3) is 11.7. The topological polar surface area (TPSA) is 13.0 Å². The second-order valence-electron chi connectivity index (χ2n) is 36.1. The molecule has 0 fully saturated rings. The van der Waals surface area contributed by atoms with Gasteiger partial charge < -0.3 is 19.6 Å². The van der Waals surface area contributed by atoms with E-state index in [0.717, 1.165) is 107 Å². The van der Waals surface area contributed by atoms with Crippen LogP contribution in [-0.4, -0.2) is 6.71 Å². The Labute approximate surface area is 733 Å². The van der Waals surface area contributed by atoms with Crippen molar-refractivity contribution < 1.29 is 0 Å². The van der Waals surface area contributed by atoms with Crippen LogP contribution in [0.4, 0.5) is 68.2 Å². The average molecular weight is 1600 g/mol. The molecule has 0 aliphatic carbocycles. The van der Waals surface area contributed by atoms with E-state index in [2.05, 4.69) is 504 Å². The molecule has 0 amide bonds. The van der Waals surface area contributed by atoms with Gasteiger partial charge in [-0.15, -0.1) is 0 Å². The van der Waals surface area contributed by atoms with E-state index in [0.29, 0.717) is 0 Å². The van der Waals surface area contributed by atoms with Gasteiger partial charge in [-0.1, -0.05) is 406 Å². The fourth-order valence-electron chi connectivity index (χ4n) is 21.7. The molecule has 0 unspecified atom stereocenters. The Morgan fingerprint density at radius 2 is 0.536 bits per heavy atom. The molecule has 0 radical (unpaired) electrons. The van der Waals surface area contributed by atoms with Crippen LogP contribution in [-0.2, 0) is 21.7 Å². The number of rotatable bonds is 12. The first-order valence-corrected chi connectivity index (χ1v) is 44.0. The minimum absolute atomic E-state index is 0.284. The Hall–Kier alpha value is -15.0. The number of anilines is 12. The Kier molecular flexibility index (Phi) is 17.6. The van der Waals surface area contributed by atoms with Gasteiger partial charge in [-0.2, -0.15) is 0 Å². The van der Waals surface area contributed by atoms with Crippen LogP contribution in [0.25, 0.3) is 66.1 Å². The number of fused-ring (bicyclic) bond motifs is 11. The van der Waals surface area contributed by atoms with E-state index in [9.17, 15) is 0 Å². The first-order chi connectivity index (χ1) is 61.3. The molecule has 125 heavy (non-hydrogen) atoms. The molecule has 0 N–H and O–H groups in total. The maximum atomic E-state index is 2.78. The van der Waals surface area contributed by atoms with Crippen LogP contribution in [0, 0.1) is 0 Å². The number of hydrogen-bond donors (Lipinski definition) is 0. The predicted octanol–water partition coefficient (Wildman–Crippen LogP) is 29.7. The summed E-state index contributed by atoms with van der Waals surface area (Å²) in [5.41, 5.74) is 36.0. The Morgan fingerprint density at radius 1 is 0.216 bits per heavy atom. The van der Waals surface area contributed by atoms with Gasteiger partial charge in [0.25, 0.3) is 6.71 Å². The van der Waals surface area contributed by atoms with E-state index < -0.39 is 16.2 Å². The zero-order valence-corrected chi connectivity index (χ0v) is 71.0. The van der Waals surface area contributed by atoms with Gasteiger partial charge >= 0.3 is 0 Å². The summed E-state index contributed by atoms with van der Waals surface area (Å²) in [7, 11) is 0. The number of nitrogens with zero attached hydrogens (tertiary/aromatic N) is 4. The summed E-state index contributed by atoms with van der Waals surface area (Å²) >= 11 is 0. The van der Waals surface area contributed by atoms with Gasteiger partial charge in [-0.3, -0.25) is 0 Å². The quantitative estimate of drug-likeness (QED) is 0.0893. The minimum atomic E-state index is -0.691. The molecule has 0 saturated heterocycles. The summed E-state index contributed by atoms with van der Waals surface area (Å²) in [6.45, 7) is 14.0. The van der Waals surface area contributed by atoms with E-state index in [1.807, 2.05) is 0 Å². The maximum absolute atomic E-state index is 2.78. The Bertz CT molecular complexity index is 7210. The molecule has 0 saturated carbocycles. The van der Waals surface area contributed by atoms with E-state index in [1.54, 1.807) is 0 Å². The summed E-state index contributed by atoms with van der Waals surface area (Å²) < 4.78 is 0. The Balaban J connectivity index is 0.874. The van der Waals surface area contributed by atoms with Crippen molar-refractivity contribution in [2.75, 3.05) is 19.6 Å². The van der Waals surface area contributed by atoms with Gasteiger partial charge in [0.15, 0.2) is 0 Å². The van der Waals surface area contributed by atoms with Crippen LogP contribution in [0.5, 0.6) is 0 Å². The van der Waals surface area contributed by atoms with Crippen LogP contribution in [0.15, 0.2) is 443 Å². The molecule has 0 bridgehead atoms. The van der Waals surface area contributed by atoms with Gasteiger partial charge in [0, 0.05) is 56.4 Å². The molecule has 23 rings (SSSR count). The molecule has 4 heterocycles. The van der Waals surface area contributed by atoms with Gasteiger partial charge in [0.05, 0.1) is 45.0 Å². The molecule has 4 aliphatic heterocycles. The molecule has 19 aromatic carbocycles. The van der Waals surface area contributed by atoms with Crippen molar-refractivity contribution in [3.63, 3.8) is 0 Å². The SMILES string of the molecule is CC(C)(C)c1cc(-c2ccccc2)c(N2c3cc(N4c5ccccc5C(c5ccccc5)(c5ccccc5)c5ccccc54)ccc3B3c4ccc(N5c6ccccc6C(c6ccccc6)(c6ccccc6)c6ccccc65)cc4N(c4c(-c5ccccc5)cccc4-c4ccccc4)c4cc(C(C)(C)C)cc2c43)c(-c2cc3ccccc3c3ccccc23)c1. The highest BCUT2D eigenvalue weighted by Crippen LogP contribution is 2.63. The molecule has 0 atom stereocenters. The van der Waals surface area contributed by atoms with Gasteiger partial charge in [-0.05, 0) is 206 Å². The van der Waals surface area contributed by atoms with Crippen molar-refractivity contribution in [1.82, 2.24) is 0 Å². The highest BCUT2D eigenvalue weighted by molar-refractivity contribution is 7.00. The van der Waals surface area contributed by atoms with E-state index in [-0.39, 0.29) is 12.1 Å². The van der Waals surface area contributed by atoms with Gasteiger partial charge in [0.1, 0.15) is 0 Å². The van der Waals surface area contributed by atoms with Crippen molar-refractivity contribution >= 4 is 113 Å². The summed E-state index contributed by atoms with van der Waals surface area (Å²) in [6.07, 6.45) is 0. The summed E-state index contributed by atoms with van der Waals surface area (Å²) in [4.78, 5) is 10.7. The summed E-state index contributed by atoms with van der Waals surface area (Å²) in [6, 6.07) is 168. The van der Waals surface area contributed by atoms with Crippen molar-refractivity contribution in [2.45, 2.75) is 63.2 Å². The van der Waals surface area contributed by atoms with Crippen LogP contribution < -0.4 is 36.0 Å². The van der Waals surface area contributed by atoms with E-state index in [4.69, 9.17) is 0 Å². The molecule has 0 spiro atoms. The second-order valence-corrected chi connectivity index (χ2v) is 36.1. The molecule has 0 aromatic heterocycles. The number of para-hydroxylation sites is 5. The van der Waals surface area contributed by atoms with Gasteiger partial charge in [-0.25, -0.2) is 0 Å². The van der Waals surface area contributed by atoms with Crippen molar-refractivity contribution in [1.29, 1.82) is 0 Å². The van der Waals surface area contributed by atoms with Crippen LogP contribution in [0.1, 0.15) is 97.2 Å². The van der Waals surface area contributed by atoms with Crippen molar-refractivity contribution in [3.05, 3.63) is 498 Å². The summed E-state index contributed by atoms with van der Waals surface area (Å²) in [5, 5.41) is 4.83. The lowest BCUT2D eigenvalue weighted by Gasteiger charge is -2.48. The zero-order chi connectivity index (χ0) is 83.9. The standard InChI is InChI=1S/C120H91BN4/c1-117(2,3)88-74-97(82-45-18-9-19-46-82)116(99(75-88)98-73-83-47-28-29-56-92(83)95-57-30-31-58-96(95)98)125-111-79-91(123-108-67-38-34-63-102(108)120(86-52-24-12-25-53-86,87-54-26-13-27-55-87)103-64-35-39-68-109(103)123)70-72-105(111)121-104-71-69-90(122-106-65-36-32-61-100(106)119(84-48-20-10-21-49-84,85-50-22-11-23-51-85)101-62-33-37-66-107(101)122)78-110(104)124(112-76-89(118(4,5)6)77-113(125)114(112)121)115-93(80-41-14-7-15-42-80)59-40-60-94(115)81-43-16-8-17-44-81/h7-79H,1-6H3. The van der Waals surface area contributed by atoms with Gasteiger partial charge in [0.2, 0.25) is 0 Å². The van der Waals surface area contributed by atoms with Crippen LogP contribution >= 0.6 is 0 Å². The van der Waals surface area contributed by atoms with E-state index >= 15 is 0 Å². The fraction of sp³-hybridized carbons (Fsp3) is 0.0833. The molecule has 19 aromatic rings. The third-order valence-electron chi connectivity index (χ3n) is 27.2. The first-order valence-electron chi connectivity index (χ1n) is 44.0. The molecule has 4 nitrogen and oxygen atoms in total. The lowest BCUT2D eigenvalue weighted by Crippen LogP contribution is -2.61. The maximum Gasteiger partial charge on any atom is 0.252 e. The molecular weight excluding hydrogens is 1510 g/mol. The fourth-order valence-corrected chi connectivity index (χ4v) is 21.7. The zero-order valence-electron chi connectivity index (χ0n) is 71.0. The molecule has 594 valence electrons. The number of hydrogen-bond acceptors (Lipinski definition) is 4. The van der Waals surface area contributed by atoms with Crippen LogP contribution in [0.2, 0.25) is 0 Å². The van der Waals surface area contributed by atoms with Crippen LogP contribution in [0.3, 0.4) is 0 Å². The highest BCUT2D eigenvalue weighted by atomic mass is 15.2. The lowest BCUT2D eigenvalue weighted by atomic mass is 9.33. The number of benzene rings is 19. The molecule has 4 aliphatic rings. The normalized spacial score (nSPS) is 13.9. The average Bonchev–Trinajstić information content (AvgIpc) is 0.819. The second kappa shape index (κ2) is 29.4. The summed E-state index contributed by atoms with van der Waals surface area (Å²) in [5.74, 6) is 0. The lowest BCUT2D eigenvalue weighted by molar-refractivity contribution is 0.590. The first kappa shape index (κ1) is 75.0. The molecule has 5 heteroatoms. The highest BCUT2D eigenvalue weighted by Gasteiger charge is 2.51.